The molecule has 22 heavy (non-hydrogen) atoms. The number of benzene rings is 1. The summed E-state index contributed by atoms with van der Waals surface area (Å²) in [4.78, 5) is 12.4. The van der Waals surface area contributed by atoms with Crippen LogP contribution < -0.4 is 5.32 Å². The molecule has 0 saturated heterocycles. The Morgan fingerprint density at radius 2 is 2.00 bits per heavy atom. The van der Waals surface area contributed by atoms with Gasteiger partial charge in [0, 0.05) is 5.69 Å². The Hall–Kier alpha value is -2.14. The highest BCUT2D eigenvalue weighted by atomic mass is 16.3. The molecule has 0 fully saturated rings. The van der Waals surface area contributed by atoms with Crippen LogP contribution >= 0.6 is 0 Å². The minimum absolute atomic E-state index is 0.0928. The molecule has 2 N–H and O–H groups in total. The topological polar surface area (TPSA) is 67.2 Å². The molecule has 0 saturated carbocycles. The zero-order chi connectivity index (χ0) is 16.1. The first-order valence-electron chi connectivity index (χ1n) is 7.49. The minimum Gasteiger partial charge on any atom is -0.394 e. The molecule has 1 aromatic carbocycles. The van der Waals surface area contributed by atoms with Gasteiger partial charge in [0.15, 0.2) is 0 Å². The van der Waals surface area contributed by atoms with Crippen molar-refractivity contribution in [2.75, 3.05) is 6.61 Å². The van der Waals surface area contributed by atoms with E-state index in [4.69, 9.17) is 0 Å². The predicted molar refractivity (Wildman–Crippen MR) is 85.6 cm³/mol. The number of carbonyl (C=O) groups is 1. The van der Waals surface area contributed by atoms with Crippen LogP contribution in [0.15, 0.2) is 36.4 Å². The first kappa shape index (κ1) is 16.2. The fraction of sp³-hybridized carbons (Fsp3) is 0.412. The molecule has 0 bridgehead atoms. The number of aromatic nitrogens is 2. The SMILES string of the molecule is Cc1cc(C)n(C(C)C(=O)NC(CO)Cc2ccccc2)n1. The molecule has 2 unspecified atom stereocenters. The number of aliphatic hydroxyl groups is 1. The molecule has 5 nitrogen and oxygen atoms in total. The van der Waals surface area contributed by atoms with Crippen LogP contribution in [0.2, 0.25) is 0 Å². The van der Waals surface area contributed by atoms with Gasteiger partial charge in [-0.3, -0.25) is 9.48 Å². The molecule has 0 radical (unpaired) electrons. The van der Waals surface area contributed by atoms with Gasteiger partial charge < -0.3 is 10.4 Å². The van der Waals surface area contributed by atoms with Crippen molar-refractivity contribution in [3.05, 3.63) is 53.3 Å². The quantitative estimate of drug-likeness (QED) is 0.854. The second kappa shape index (κ2) is 7.22. The highest BCUT2D eigenvalue weighted by Crippen LogP contribution is 2.11. The molecule has 0 spiro atoms. The second-order valence-corrected chi connectivity index (χ2v) is 5.63. The van der Waals surface area contributed by atoms with Gasteiger partial charge in [0.25, 0.3) is 0 Å². The van der Waals surface area contributed by atoms with Crippen molar-refractivity contribution in [1.29, 1.82) is 0 Å². The van der Waals surface area contributed by atoms with E-state index in [-0.39, 0.29) is 18.6 Å². The summed E-state index contributed by atoms with van der Waals surface area (Å²) < 4.78 is 1.71. The summed E-state index contributed by atoms with van der Waals surface area (Å²) in [6, 6.07) is 11.1. The number of carbonyl (C=O) groups excluding carboxylic acids is 1. The van der Waals surface area contributed by atoms with Gasteiger partial charge in [0.2, 0.25) is 5.91 Å². The third-order valence-electron chi connectivity index (χ3n) is 3.68. The largest absolute Gasteiger partial charge is 0.394 e. The number of rotatable bonds is 6. The molecule has 1 aromatic heterocycles. The van der Waals surface area contributed by atoms with Crippen LogP contribution in [0.25, 0.3) is 0 Å². The summed E-state index contributed by atoms with van der Waals surface area (Å²) >= 11 is 0. The maximum atomic E-state index is 12.4. The molecule has 0 aliphatic carbocycles. The zero-order valence-electron chi connectivity index (χ0n) is 13.3. The lowest BCUT2D eigenvalue weighted by Crippen LogP contribution is -2.42. The van der Waals surface area contributed by atoms with E-state index in [1.807, 2.05) is 57.2 Å². The van der Waals surface area contributed by atoms with Crippen LogP contribution in [0.5, 0.6) is 0 Å². The van der Waals surface area contributed by atoms with Crippen LogP contribution in [0.1, 0.15) is 29.9 Å². The molecule has 1 amide bonds. The number of nitrogens with zero attached hydrogens (tertiary/aromatic N) is 2. The van der Waals surface area contributed by atoms with Gasteiger partial charge >= 0.3 is 0 Å². The number of hydrogen-bond donors (Lipinski definition) is 2. The summed E-state index contributed by atoms with van der Waals surface area (Å²) in [5.74, 6) is -0.138. The summed E-state index contributed by atoms with van der Waals surface area (Å²) in [5.41, 5.74) is 2.92. The van der Waals surface area contributed by atoms with Crippen molar-refractivity contribution in [2.24, 2.45) is 0 Å². The van der Waals surface area contributed by atoms with E-state index >= 15 is 0 Å². The highest BCUT2D eigenvalue weighted by molar-refractivity contribution is 5.80. The first-order valence-corrected chi connectivity index (χ1v) is 7.49. The molecular weight excluding hydrogens is 278 g/mol. The summed E-state index contributed by atoms with van der Waals surface area (Å²) in [6.45, 7) is 5.55. The third kappa shape index (κ3) is 3.95. The maximum absolute atomic E-state index is 12.4. The van der Waals surface area contributed by atoms with E-state index in [0.29, 0.717) is 6.42 Å². The van der Waals surface area contributed by atoms with Crippen molar-refractivity contribution in [2.45, 2.75) is 39.3 Å². The Bertz CT molecular complexity index is 622. The van der Waals surface area contributed by atoms with E-state index < -0.39 is 6.04 Å². The average Bonchev–Trinajstić information content (AvgIpc) is 2.85. The number of amides is 1. The average molecular weight is 301 g/mol. The normalized spacial score (nSPS) is 13.6. The van der Waals surface area contributed by atoms with Crippen LogP contribution in [0.3, 0.4) is 0 Å². The van der Waals surface area contributed by atoms with Gasteiger partial charge in [0.05, 0.1) is 18.3 Å². The van der Waals surface area contributed by atoms with Crippen LogP contribution in [0.4, 0.5) is 0 Å². The lowest BCUT2D eigenvalue weighted by molar-refractivity contribution is -0.125. The molecule has 2 aromatic rings. The Labute approximate surface area is 131 Å². The Balaban J connectivity index is 2.01. The van der Waals surface area contributed by atoms with Crippen molar-refractivity contribution in [1.82, 2.24) is 15.1 Å². The fourth-order valence-corrected chi connectivity index (χ4v) is 2.53. The van der Waals surface area contributed by atoms with Gasteiger partial charge in [-0.2, -0.15) is 5.10 Å². The Morgan fingerprint density at radius 1 is 1.32 bits per heavy atom. The lowest BCUT2D eigenvalue weighted by atomic mass is 10.1. The number of aliphatic hydroxyl groups excluding tert-OH is 1. The van der Waals surface area contributed by atoms with Gasteiger partial charge in [-0.05, 0) is 38.8 Å². The Kier molecular flexibility index (Phi) is 5.33. The molecule has 1 heterocycles. The number of aryl methyl sites for hydroxylation is 2. The molecule has 2 atom stereocenters. The van der Waals surface area contributed by atoms with Gasteiger partial charge in [0.1, 0.15) is 6.04 Å². The van der Waals surface area contributed by atoms with Crippen molar-refractivity contribution in [3.8, 4) is 0 Å². The molecule has 2 rings (SSSR count). The van der Waals surface area contributed by atoms with E-state index in [0.717, 1.165) is 17.0 Å². The maximum Gasteiger partial charge on any atom is 0.244 e. The molecule has 0 aliphatic heterocycles. The fourth-order valence-electron chi connectivity index (χ4n) is 2.53. The number of hydrogen-bond acceptors (Lipinski definition) is 3. The first-order chi connectivity index (χ1) is 10.5. The number of nitrogens with one attached hydrogen (secondary N) is 1. The van der Waals surface area contributed by atoms with E-state index in [1.54, 1.807) is 4.68 Å². The van der Waals surface area contributed by atoms with Crippen molar-refractivity contribution < 1.29 is 9.90 Å². The van der Waals surface area contributed by atoms with Gasteiger partial charge in [-0.1, -0.05) is 30.3 Å². The van der Waals surface area contributed by atoms with Crippen LogP contribution in [-0.4, -0.2) is 33.4 Å². The lowest BCUT2D eigenvalue weighted by Gasteiger charge is -2.20. The standard InChI is InChI=1S/C17H23N3O2/c1-12-9-13(2)20(19-12)14(3)17(22)18-16(11-21)10-15-7-5-4-6-8-15/h4-9,14,16,21H,10-11H2,1-3H3,(H,18,22). The predicted octanol–water partition coefficient (Wildman–Crippen LogP) is 1.78. The molecule has 5 heteroatoms. The molecular formula is C17H23N3O2. The van der Waals surface area contributed by atoms with Gasteiger partial charge in [-0.25, -0.2) is 0 Å². The third-order valence-corrected chi connectivity index (χ3v) is 3.68. The van der Waals surface area contributed by atoms with Crippen molar-refractivity contribution in [3.63, 3.8) is 0 Å². The van der Waals surface area contributed by atoms with Crippen LogP contribution in [-0.2, 0) is 11.2 Å². The zero-order valence-corrected chi connectivity index (χ0v) is 13.3. The smallest absolute Gasteiger partial charge is 0.244 e. The molecule has 118 valence electrons. The summed E-state index contributed by atoms with van der Waals surface area (Å²) in [5, 5.41) is 16.8. The van der Waals surface area contributed by atoms with E-state index in [9.17, 15) is 9.90 Å². The molecule has 0 aliphatic rings. The summed E-state index contributed by atoms with van der Waals surface area (Å²) in [7, 11) is 0. The summed E-state index contributed by atoms with van der Waals surface area (Å²) in [6.07, 6.45) is 0.604. The monoisotopic (exact) mass is 301 g/mol. The van der Waals surface area contributed by atoms with Gasteiger partial charge in [-0.15, -0.1) is 0 Å². The van der Waals surface area contributed by atoms with E-state index in [1.165, 1.54) is 0 Å². The minimum atomic E-state index is -0.404. The van der Waals surface area contributed by atoms with E-state index in [2.05, 4.69) is 10.4 Å². The van der Waals surface area contributed by atoms with Crippen molar-refractivity contribution >= 4 is 5.91 Å². The Morgan fingerprint density at radius 3 is 2.55 bits per heavy atom. The highest BCUT2D eigenvalue weighted by Gasteiger charge is 2.20. The van der Waals surface area contributed by atoms with Crippen LogP contribution in [0, 0.1) is 13.8 Å². The second-order valence-electron chi connectivity index (χ2n) is 5.63.